The van der Waals surface area contributed by atoms with Crippen LogP contribution in [0.15, 0.2) is 10.9 Å². The van der Waals surface area contributed by atoms with E-state index < -0.39 is 11.5 Å². The van der Waals surface area contributed by atoms with Crippen LogP contribution < -0.4 is 10.9 Å². The summed E-state index contributed by atoms with van der Waals surface area (Å²) in [5.41, 5.74) is -0.455. The van der Waals surface area contributed by atoms with Gasteiger partial charge in [0.2, 0.25) is 0 Å². The van der Waals surface area contributed by atoms with E-state index in [0.29, 0.717) is 5.13 Å². The van der Waals surface area contributed by atoms with Gasteiger partial charge in [0.15, 0.2) is 5.13 Å². The van der Waals surface area contributed by atoms with Gasteiger partial charge in [0.1, 0.15) is 4.88 Å². The topological polar surface area (TPSA) is 68.3 Å². The first-order valence-corrected chi connectivity index (χ1v) is 4.27. The smallest absolute Gasteiger partial charge is 0.348 e. The van der Waals surface area contributed by atoms with Gasteiger partial charge in [-0.15, -0.1) is 0 Å². The van der Waals surface area contributed by atoms with Gasteiger partial charge in [-0.05, 0) is 0 Å². The Morgan fingerprint density at radius 2 is 2.38 bits per heavy atom. The molecule has 6 heteroatoms. The van der Waals surface area contributed by atoms with Gasteiger partial charge in [0.25, 0.3) is 5.56 Å². The molecule has 0 radical (unpaired) electrons. The van der Waals surface area contributed by atoms with Crippen LogP contribution in [0.1, 0.15) is 9.67 Å². The van der Waals surface area contributed by atoms with Crippen LogP contribution in [-0.4, -0.2) is 25.1 Å². The fraction of sp³-hybridized carbons (Fsp3) is 0.286. The maximum atomic E-state index is 11.0. The van der Waals surface area contributed by atoms with Gasteiger partial charge < -0.3 is 10.1 Å². The van der Waals surface area contributed by atoms with E-state index in [9.17, 15) is 9.59 Å². The number of rotatable bonds is 2. The molecule has 13 heavy (non-hydrogen) atoms. The lowest BCUT2D eigenvalue weighted by Crippen LogP contribution is -2.10. The molecule has 0 saturated heterocycles. The van der Waals surface area contributed by atoms with E-state index in [0.717, 1.165) is 17.4 Å². The van der Waals surface area contributed by atoms with Crippen LogP contribution in [0.25, 0.3) is 0 Å². The molecule has 0 spiro atoms. The number of methoxy groups -OCH3 is 1. The average Bonchev–Trinajstić information content (AvgIpc) is 2.15. The third-order valence-electron chi connectivity index (χ3n) is 1.27. The molecule has 1 aromatic rings. The molecule has 5 nitrogen and oxygen atoms in total. The second-order valence-electron chi connectivity index (χ2n) is 2.11. The molecular weight excluding hydrogens is 192 g/mol. The third-order valence-corrected chi connectivity index (χ3v) is 2.27. The highest BCUT2D eigenvalue weighted by Gasteiger charge is 2.08. The Morgan fingerprint density at radius 3 is 2.92 bits per heavy atom. The second-order valence-corrected chi connectivity index (χ2v) is 3.14. The largest absolute Gasteiger partial charge is 0.465 e. The lowest BCUT2D eigenvalue weighted by molar-refractivity contribution is 0.0606. The Morgan fingerprint density at radius 1 is 1.69 bits per heavy atom. The van der Waals surface area contributed by atoms with E-state index in [1.807, 2.05) is 0 Å². The summed E-state index contributed by atoms with van der Waals surface area (Å²) in [6.45, 7) is 0. The zero-order chi connectivity index (χ0) is 9.84. The van der Waals surface area contributed by atoms with Crippen LogP contribution >= 0.6 is 11.3 Å². The molecule has 1 rings (SSSR count). The molecular formula is C7H8N2O3S. The first-order valence-electron chi connectivity index (χ1n) is 3.45. The molecule has 1 heterocycles. The van der Waals surface area contributed by atoms with Gasteiger partial charge in [-0.1, -0.05) is 11.3 Å². The van der Waals surface area contributed by atoms with Crippen molar-refractivity contribution in [2.75, 3.05) is 19.5 Å². The number of ether oxygens (including phenoxy) is 1. The van der Waals surface area contributed by atoms with E-state index >= 15 is 0 Å². The van der Waals surface area contributed by atoms with Crippen molar-refractivity contribution >= 4 is 22.4 Å². The average molecular weight is 200 g/mol. The fourth-order valence-corrected chi connectivity index (χ4v) is 1.48. The van der Waals surface area contributed by atoms with E-state index in [-0.39, 0.29) is 4.88 Å². The summed E-state index contributed by atoms with van der Waals surface area (Å²) >= 11 is 1.07. The standard InChI is InChI=1S/C7H8N2O3S/c1-8-7-9-5(10)3-4(13-7)6(11)12-2/h3H,1-2H3,(H,8,9,10). The minimum atomic E-state index is -0.527. The highest BCUT2D eigenvalue weighted by molar-refractivity contribution is 7.17. The Hall–Kier alpha value is -1.43. The molecule has 0 saturated carbocycles. The van der Waals surface area contributed by atoms with Gasteiger partial charge in [-0.25, -0.2) is 4.79 Å². The van der Waals surface area contributed by atoms with Crippen LogP contribution in [0, 0.1) is 0 Å². The number of aromatic nitrogens is 1. The highest BCUT2D eigenvalue weighted by atomic mass is 32.1. The van der Waals surface area contributed by atoms with Crippen molar-refractivity contribution in [2.24, 2.45) is 0 Å². The quantitative estimate of drug-likeness (QED) is 0.697. The number of hydrogen-bond donors (Lipinski definition) is 1. The normalized spacial score (nSPS) is 9.38. The second kappa shape index (κ2) is 3.99. The number of esters is 1. The highest BCUT2D eigenvalue weighted by Crippen LogP contribution is 2.13. The summed E-state index contributed by atoms with van der Waals surface area (Å²) in [4.78, 5) is 25.8. The number of nitrogens with one attached hydrogen (secondary N) is 1. The predicted molar refractivity (Wildman–Crippen MR) is 49.3 cm³/mol. The summed E-state index contributed by atoms with van der Waals surface area (Å²) in [7, 11) is 2.89. The first kappa shape index (κ1) is 9.66. The van der Waals surface area contributed by atoms with Crippen molar-refractivity contribution in [1.29, 1.82) is 0 Å². The molecule has 1 N–H and O–H groups in total. The van der Waals surface area contributed by atoms with Crippen molar-refractivity contribution in [3.8, 4) is 0 Å². The summed E-state index contributed by atoms with van der Waals surface area (Å²) in [5.74, 6) is -0.527. The molecule has 70 valence electrons. The number of hydrogen-bond acceptors (Lipinski definition) is 6. The fourth-order valence-electron chi connectivity index (χ4n) is 0.709. The molecule has 0 bridgehead atoms. The molecule has 0 amide bonds. The van der Waals surface area contributed by atoms with Gasteiger partial charge in [-0.2, -0.15) is 4.98 Å². The summed E-state index contributed by atoms with van der Waals surface area (Å²) in [6, 6.07) is 1.15. The van der Waals surface area contributed by atoms with Crippen molar-refractivity contribution < 1.29 is 9.53 Å². The van der Waals surface area contributed by atoms with Gasteiger partial charge in [-0.3, -0.25) is 4.79 Å². The number of carbonyl (C=O) groups excluding carboxylic acids is 1. The molecule has 0 aliphatic carbocycles. The Kier molecular flexibility index (Phi) is 2.97. The summed E-state index contributed by atoms with van der Waals surface area (Å²) < 4.78 is 4.47. The Labute approximate surface area is 78.4 Å². The van der Waals surface area contributed by atoms with E-state index in [2.05, 4.69) is 15.0 Å². The summed E-state index contributed by atoms with van der Waals surface area (Å²) in [6.07, 6.45) is 0. The minimum absolute atomic E-state index is 0.242. The van der Waals surface area contributed by atoms with Crippen molar-refractivity contribution in [3.63, 3.8) is 0 Å². The minimum Gasteiger partial charge on any atom is -0.465 e. The molecule has 1 aromatic heterocycles. The van der Waals surface area contributed by atoms with Crippen molar-refractivity contribution in [1.82, 2.24) is 4.98 Å². The maximum Gasteiger partial charge on any atom is 0.348 e. The molecule has 0 aliphatic rings. The van der Waals surface area contributed by atoms with Crippen LogP contribution in [0.4, 0.5) is 5.13 Å². The van der Waals surface area contributed by atoms with Crippen LogP contribution in [-0.2, 0) is 4.74 Å². The third kappa shape index (κ3) is 2.25. The zero-order valence-electron chi connectivity index (χ0n) is 7.16. The zero-order valence-corrected chi connectivity index (χ0v) is 7.97. The van der Waals surface area contributed by atoms with Crippen LogP contribution in [0.2, 0.25) is 0 Å². The van der Waals surface area contributed by atoms with Crippen molar-refractivity contribution in [3.05, 3.63) is 21.3 Å². The summed E-state index contributed by atoms with van der Waals surface area (Å²) in [5, 5.41) is 3.08. The van der Waals surface area contributed by atoms with Crippen molar-refractivity contribution in [2.45, 2.75) is 0 Å². The number of carbonyl (C=O) groups is 1. The van der Waals surface area contributed by atoms with Gasteiger partial charge in [0, 0.05) is 13.1 Å². The predicted octanol–water partition coefficient (Wildman–Crippen LogP) is 0.332. The van der Waals surface area contributed by atoms with Gasteiger partial charge in [0.05, 0.1) is 7.11 Å². The lowest BCUT2D eigenvalue weighted by atomic mass is 10.5. The van der Waals surface area contributed by atoms with Gasteiger partial charge >= 0.3 is 5.97 Å². The number of anilines is 1. The SMILES string of the molecule is CNc1nc(=O)cc(C(=O)OC)s1. The molecule has 0 unspecified atom stereocenters. The molecule has 0 aromatic carbocycles. The van der Waals surface area contributed by atoms with E-state index in [1.54, 1.807) is 7.05 Å². The maximum absolute atomic E-state index is 11.0. The Bertz CT molecular complexity index is 374. The molecule has 0 aliphatic heterocycles. The van der Waals surface area contributed by atoms with E-state index in [1.165, 1.54) is 7.11 Å². The Balaban J connectivity index is 3.16. The lowest BCUT2D eigenvalue weighted by Gasteiger charge is -1.99. The first-order chi connectivity index (χ1) is 6.17. The number of nitrogens with zero attached hydrogens (tertiary/aromatic N) is 1. The monoisotopic (exact) mass is 200 g/mol. The van der Waals surface area contributed by atoms with Crippen LogP contribution in [0.3, 0.4) is 0 Å². The van der Waals surface area contributed by atoms with Crippen LogP contribution in [0.5, 0.6) is 0 Å². The van der Waals surface area contributed by atoms with E-state index in [4.69, 9.17) is 0 Å². The molecule has 0 fully saturated rings. The molecule has 0 atom stereocenters.